The Bertz CT molecular complexity index is 2380. The van der Waals surface area contributed by atoms with Gasteiger partial charge in [-0.05, 0) is 92.4 Å². The third-order valence-electron chi connectivity index (χ3n) is 9.81. The molecule has 0 bridgehead atoms. The van der Waals surface area contributed by atoms with Crippen LogP contribution in [0.25, 0.3) is 0 Å². The smallest absolute Gasteiger partial charge is 0.737 e. The third kappa shape index (κ3) is 34.2. The molecule has 76 heavy (non-hydrogen) atoms. The summed E-state index contributed by atoms with van der Waals surface area (Å²) in [4.78, 5) is 34.8. The maximum absolute atomic E-state index is 12.1. The van der Waals surface area contributed by atoms with Crippen LogP contribution in [0, 0.1) is 13.8 Å². The molecule has 0 amide bonds. The average molecular weight is 1230 g/mol. The molecule has 0 unspecified atom stereocenters. The third-order valence-corrected chi connectivity index (χ3v) is 18.8. The van der Waals surface area contributed by atoms with Gasteiger partial charge in [-0.25, -0.2) is 0 Å². The van der Waals surface area contributed by atoms with Crippen molar-refractivity contribution in [2.45, 2.75) is 49.3 Å². The van der Waals surface area contributed by atoms with Gasteiger partial charge in [0.25, 0.3) is 20.2 Å². The van der Waals surface area contributed by atoms with Crippen molar-refractivity contribution in [2.24, 2.45) is 0 Å². The average Bonchev–Trinajstić information content (AvgIpc) is 3.42. The topological polar surface area (TPSA) is 156 Å². The Hall–Kier alpha value is -1.19. The predicted octanol–water partition coefficient (Wildman–Crippen LogP) is 9.45. The zero-order valence-corrected chi connectivity index (χ0v) is 54.1. The number of rotatable bonds is 35. The van der Waals surface area contributed by atoms with Crippen LogP contribution in [0.4, 0.5) is 0 Å². The van der Waals surface area contributed by atoms with Gasteiger partial charge in [-0.2, -0.15) is 63.9 Å². The number of hydrogen-bond donors (Lipinski definition) is 0. The largest absolute Gasteiger partial charge is 1.00 e. The van der Waals surface area contributed by atoms with Crippen molar-refractivity contribution in [3.8, 4) is 0 Å². The van der Waals surface area contributed by atoms with E-state index in [-0.39, 0.29) is 89.7 Å². The molecular formula is C55H69KO11S9. The zero-order chi connectivity index (χ0) is 54.3. The fraction of sp³-hybridized carbons (Fsp3) is 0.400. The van der Waals surface area contributed by atoms with E-state index in [1.165, 1.54) is 23.5 Å². The fourth-order valence-electron chi connectivity index (χ4n) is 5.83. The van der Waals surface area contributed by atoms with Gasteiger partial charge in [0.05, 0.1) is 49.4 Å². The molecule has 0 saturated heterocycles. The fourth-order valence-corrected chi connectivity index (χ4v) is 12.9. The molecule has 5 aromatic rings. The molecule has 0 aliphatic carbocycles. The molecule has 0 fully saturated rings. The summed E-state index contributed by atoms with van der Waals surface area (Å²) < 4.78 is 69.8. The van der Waals surface area contributed by atoms with Crippen molar-refractivity contribution in [3.63, 3.8) is 0 Å². The Kier molecular flexibility index (Phi) is 41.5. The summed E-state index contributed by atoms with van der Waals surface area (Å²) in [7, 11) is -7.38. The van der Waals surface area contributed by atoms with Crippen molar-refractivity contribution in [3.05, 3.63) is 167 Å². The summed E-state index contributed by atoms with van der Waals surface area (Å²) in [5.41, 5.74) is 4.15. The van der Waals surface area contributed by atoms with Crippen LogP contribution < -0.4 is 51.4 Å². The minimum Gasteiger partial charge on any atom is -0.737 e. The van der Waals surface area contributed by atoms with Gasteiger partial charge in [-0.3, -0.25) is 18.0 Å². The SMILES string of the molecule is Cc1ccc(S(=O)(=O)OCCCSCCOCCSCCCOS(=O)(=O)c2ccc(C)cc2)cc1.O=C(SCCCSCCOCCSCCCSC(=O)c1ccccc1)c1ccccc1.O=C([S-])c1ccccc1.[K+]. The molecular weight excluding hydrogens is 1160 g/mol. The zero-order valence-electron chi connectivity index (χ0n) is 43.6. The van der Waals surface area contributed by atoms with Crippen LogP contribution in [0.2, 0.25) is 0 Å². The molecule has 0 aliphatic heterocycles. The maximum Gasteiger partial charge on any atom is 1.00 e. The molecule has 21 heteroatoms. The summed E-state index contributed by atoms with van der Waals surface area (Å²) >= 11 is 14.4. The van der Waals surface area contributed by atoms with Crippen LogP contribution in [0.3, 0.4) is 0 Å². The van der Waals surface area contributed by atoms with E-state index in [4.69, 9.17) is 17.8 Å². The minimum absolute atomic E-state index is 0. The number of carbonyl (C=O) groups is 3. The maximum atomic E-state index is 12.1. The van der Waals surface area contributed by atoms with Crippen LogP contribution in [0.5, 0.6) is 0 Å². The Morgan fingerprint density at radius 1 is 0.395 bits per heavy atom. The molecule has 0 aromatic heterocycles. The van der Waals surface area contributed by atoms with E-state index < -0.39 is 20.2 Å². The van der Waals surface area contributed by atoms with Crippen LogP contribution in [-0.4, -0.2) is 129 Å². The first-order valence-corrected chi connectivity index (χ1v) is 34.2. The summed E-state index contributed by atoms with van der Waals surface area (Å²) in [6, 6.07) is 41.0. The normalized spacial score (nSPS) is 11.1. The quantitative estimate of drug-likeness (QED) is 0.0163. The number of aryl methyl sites for hydroxylation is 2. The van der Waals surface area contributed by atoms with Gasteiger partial charge in [0, 0.05) is 50.8 Å². The Morgan fingerprint density at radius 3 is 1.00 bits per heavy atom. The van der Waals surface area contributed by atoms with Crippen molar-refractivity contribution < 1.29 is 100 Å². The van der Waals surface area contributed by atoms with Gasteiger partial charge >= 0.3 is 51.4 Å². The van der Waals surface area contributed by atoms with E-state index >= 15 is 0 Å². The second-order valence-electron chi connectivity index (χ2n) is 15.9. The van der Waals surface area contributed by atoms with Crippen LogP contribution in [-0.2, 0) is 50.7 Å². The first-order chi connectivity index (χ1) is 36.3. The number of benzene rings is 5. The molecule has 0 N–H and O–H groups in total. The first-order valence-electron chi connectivity index (χ1n) is 24.4. The molecule has 410 valence electrons. The molecule has 0 heterocycles. The van der Waals surface area contributed by atoms with Gasteiger partial charge in [0.1, 0.15) is 0 Å². The number of hydrogen-bond acceptors (Lipinski definition) is 18. The number of thioether (sulfide) groups is 6. The van der Waals surface area contributed by atoms with Gasteiger partial charge < -0.3 is 26.9 Å². The van der Waals surface area contributed by atoms with Gasteiger partial charge in [-0.1, -0.05) is 150 Å². The second-order valence-corrected chi connectivity index (χ2v) is 26.6. The van der Waals surface area contributed by atoms with Crippen molar-refractivity contribution in [1.82, 2.24) is 0 Å². The standard InChI is InChI=1S/C24H34O7S4.C24H30O3S4.C7H6OS.K/c1-21-5-9-23(10-6-21)34(25,26)30-13-3-17-32-19-15-29-16-20-33-18-4-14-31-35(27,28)24-11-7-22(2)8-12-24;25-23(21-9-3-1-4-10-21)30-17-7-15-28-19-13-27-14-20-29-16-8-18-31-24(26)22-11-5-2-6-12-22;8-7(9)6-4-2-1-3-5-6;/h5-12H,3-4,13-20H2,1-2H3;1-6,9-12H,7-8,13-20H2;1-5H,(H,8,9);/q;;;+1/p-1. The van der Waals surface area contributed by atoms with E-state index in [1.807, 2.05) is 104 Å². The Labute approximate surface area is 526 Å². The predicted molar refractivity (Wildman–Crippen MR) is 323 cm³/mol. The summed E-state index contributed by atoms with van der Waals surface area (Å²) in [6.07, 6.45) is 3.36. The van der Waals surface area contributed by atoms with Crippen molar-refractivity contribution in [1.29, 1.82) is 0 Å². The van der Waals surface area contributed by atoms with Crippen LogP contribution >= 0.6 is 70.6 Å². The molecule has 0 spiro atoms. The van der Waals surface area contributed by atoms with E-state index in [9.17, 15) is 31.2 Å². The molecule has 0 saturated carbocycles. The number of carbonyl (C=O) groups excluding carboxylic acids is 3. The molecule has 5 aromatic carbocycles. The van der Waals surface area contributed by atoms with E-state index in [1.54, 1.807) is 96.3 Å². The molecule has 0 atom stereocenters. The van der Waals surface area contributed by atoms with Crippen LogP contribution in [0.1, 0.15) is 67.9 Å². The molecule has 11 nitrogen and oxygen atoms in total. The first kappa shape index (κ1) is 70.9. The Balaban J connectivity index is 0.000000442. The van der Waals surface area contributed by atoms with Gasteiger partial charge in [0.15, 0.2) is 0 Å². The van der Waals surface area contributed by atoms with E-state index in [2.05, 4.69) is 12.6 Å². The minimum atomic E-state index is -3.69. The summed E-state index contributed by atoms with van der Waals surface area (Å²) in [5.74, 6) is 9.13. The van der Waals surface area contributed by atoms with Crippen LogP contribution in [0.15, 0.2) is 149 Å². The van der Waals surface area contributed by atoms with Crippen molar-refractivity contribution >= 4 is 119 Å². The van der Waals surface area contributed by atoms with E-state index in [0.29, 0.717) is 31.6 Å². The molecule has 5 rings (SSSR count). The summed E-state index contributed by atoms with van der Waals surface area (Å²) in [6.45, 7) is 6.95. The Morgan fingerprint density at radius 2 is 0.697 bits per heavy atom. The van der Waals surface area contributed by atoms with E-state index in [0.717, 1.165) is 106 Å². The second kappa shape index (κ2) is 44.5. The van der Waals surface area contributed by atoms with Crippen molar-refractivity contribution in [2.75, 3.05) is 97.2 Å². The summed E-state index contributed by atoms with van der Waals surface area (Å²) in [5, 5.41) is 0.0243. The molecule has 0 aliphatic rings. The number of ether oxygens (including phenoxy) is 2. The van der Waals surface area contributed by atoms with Gasteiger partial charge in [-0.15, -0.1) is 0 Å². The monoisotopic (exact) mass is 1230 g/mol. The molecule has 0 radical (unpaired) electrons. The van der Waals surface area contributed by atoms with Gasteiger partial charge in [0.2, 0.25) is 10.2 Å².